The Morgan fingerprint density at radius 3 is 2.57 bits per heavy atom. The molecule has 0 N–H and O–H groups in total. The van der Waals surface area contributed by atoms with Crippen LogP contribution in [0.5, 0.6) is 5.75 Å². The molecule has 0 bridgehead atoms. The number of hydrogen-bond acceptors (Lipinski definition) is 4. The van der Waals surface area contributed by atoms with Gasteiger partial charge < -0.3 is 19.1 Å². The first-order chi connectivity index (χ1) is 14.4. The Morgan fingerprint density at radius 1 is 1.10 bits per heavy atom. The van der Waals surface area contributed by atoms with Crippen molar-refractivity contribution in [3.8, 4) is 5.75 Å². The molecule has 1 amide bonds. The van der Waals surface area contributed by atoms with E-state index in [4.69, 9.17) is 4.74 Å². The Kier molecular flexibility index (Phi) is 5.48. The molecule has 1 saturated heterocycles. The quantitative estimate of drug-likeness (QED) is 0.670. The summed E-state index contributed by atoms with van der Waals surface area (Å²) >= 11 is 0. The number of fused-ring (bicyclic) bond motifs is 1. The summed E-state index contributed by atoms with van der Waals surface area (Å²) in [6, 6.07) is 17.7. The van der Waals surface area contributed by atoms with Gasteiger partial charge in [-0.3, -0.25) is 9.59 Å². The van der Waals surface area contributed by atoms with Gasteiger partial charge in [-0.2, -0.15) is 0 Å². The van der Waals surface area contributed by atoms with Gasteiger partial charge in [0.15, 0.2) is 6.61 Å². The zero-order valence-electron chi connectivity index (χ0n) is 17.7. The molecule has 6 nitrogen and oxygen atoms in total. The Hall–Kier alpha value is -3.28. The van der Waals surface area contributed by atoms with Crippen molar-refractivity contribution < 1.29 is 9.53 Å². The van der Waals surface area contributed by atoms with Crippen LogP contribution >= 0.6 is 0 Å². The molecule has 4 rings (SSSR count). The zero-order chi connectivity index (χ0) is 21.3. The van der Waals surface area contributed by atoms with Crippen LogP contribution in [0.2, 0.25) is 0 Å². The van der Waals surface area contributed by atoms with Crippen molar-refractivity contribution in [2.45, 2.75) is 19.9 Å². The molecule has 1 fully saturated rings. The number of aryl methyl sites for hydroxylation is 2. The minimum Gasteiger partial charge on any atom is -0.483 e. The third kappa shape index (κ3) is 3.90. The van der Waals surface area contributed by atoms with Crippen molar-refractivity contribution in [3.05, 3.63) is 70.5 Å². The highest BCUT2D eigenvalue weighted by molar-refractivity contribution is 5.86. The molecule has 3 aromatic rings. The van der Waals surface area contributed by atoms with E-state index in [2.05, 4.69) is 43.0 Å². The van der Waals surface area contributed by atoms with Crippen LogP contribution < -0.4 is 15.2 Å². The molecule has 6 heteroatoms. The summed E-state index contributed by atoms with van der Waals surface area (Å²) < 4.78 is 7.39. The number of nitrogens with zero attached hydrogens (tertiary/aromatic N) is 3. The maximum atomic E-state index is 12.8. The monoisotopic (exact) mass is 405 g/mol. The molecule has 1 aromatic heterocycles. The highest BCUT2D eigenvalue weighted by atomic mass is 16.5. The van der Waals surface area contributed by atoms with Crippen LogP contribution in [0.1, 0.15) is 12.5 Å². The molecule has 1 aliphatic rings. The van der Waals surface area contributed by atoms with E-state index < -0.39 is 0 Å². The van der Waals surface area contributed by atoms with Gasteiger partial charge in [-0.1, -0.05) is 29.8 Å². The van der Waals surface area contributed by atoms with Crippen LogP contribution in [0.25, 0.3) is 10.9 Å². The van der Waals surface area contributed by atoms with E-state index in [9.17, 15) is 9.59 Å². The fourth-order valence-electron chi connectivity index (χ4n) is 4.03. The fourth-order valence-corrected chi connectivity index (χ4v) is 4.03. The Bertz CT molecular complexity index is 1120. The predicted octanol–water partition coefficient (Wildman–Crippen LogP) is 2.96. The Balaban J connectivity index is 1.42. The number of carbonyl (C=O) groups excluding carboxylic acids is 1. The molecule has 2 heterocycles. The molecule has 0 aliphatic carbocycles. The van der Waals surface area contributed by atoms with Crippen molar-refractivity contribution in [2.24, 2.45) is 7.05 Å². The van der Waals surface area contributed by atoms with E-state index in [0.29, 0.717) is 18.8 Å². The summed E-state index contributed by atoms with van der Waals surface area (Å²) in [5.41, 5.74) is 3.05. The third-order valence-corrected chi connectivity index (χ3v) is 5.81. The molecule has 30 heavy (non-hydrogen) atoms. The first-order valence-electron chi connectivity index (χ1n) is 10.3. The van der Waals surface area contributed by atoms with Crippen LogP contribution in [-0.4, -0.2) is 47.7 Å². The zero-order valence-corrected chi connectivity index (χ0v) is 17.7. The van der Waals surface area contributed by atoms with E-state index in [1.165, 1.54) is 17.3 Å². The first kappa shape index (κ1) is 20.0. The van der Waals surface area contributed by atoms with Gasteiger partial charge >= 0.3 is 0 Å². The van der Waals surface area contributed by atoms with Crippen molar-refractivity contribution in [1.29, 1.82) is 0 Å². The maximum absolute atomic E-state index is 12.8. The van der Waals surface area contributed by atoms with Gasteiger partial charge in [-0.15, -0.1) is 0 Å². The van der Waals surface area contributed by atoms with Crippen molar-refractivity contribution in [3.63, 3.8) is 0 Å². The van der Waals surface area contributed by atoms with Gasteiger partial charge in [0.1, 0.15) is 5.75 Å². The molecule has 2 aromatic carbocycles. The minimum atomic E-state index is -0.156. The highest BCUT2D eigenvalue weighted by Gasteiger charge is 2.27. The SMILES string of the molecule is Cc1ccc(N2CCN(C(=O)COc3cc(=O)n(C)c4ccccc34)C[C@H]2C)cc1. The van der Waals surface area contributed by atoms with Gasteiger partial charge in [0, 0.05) is 49.9 Å². The van der Waals surface area contributed by atoms with Crippen LogP contribution in [0, 0.1) is 6.92 Å². The number of carbonyl (C=O) groups is 1. The predicted molar refractivity (Wildman–Crippen MR) is 119 cm³/mol. The van der Waals surface area contributed by atoms with E-state index >= 15 is 0 Å². The fraction of sp³-hybridized carbons (Fsp3) is 0.333. The average Bonchev–Trinajstić information content (AvgIpc) is 2.76. The average molecular weight is 405 g/mol. The van der Waals surface area contributed by atoms with Crippen molar-refractivity contribution in [2.75, 3.05) is 31.1 Å². The van der Waals surface area contributed by atoms with E-state index in [1.807, 2.05) is 29.2 Å². The number of hydrogen-bond donors (Lipinski definition) is 0. The molecular formula is C24H27N3O3. The molecule has 0 unspecified atom stereocenters. The van der Waals surface area contributed by atoms with Gasteiger partial charge in [0.05, 0.1) is 5.52 Å². The normalized spacial score (nSPS) is 16.7. The third-order valence-electron chi connectivity index (χ3n) is 5.81. The number of pyridine rings is 1. The van der Waals surface area contributed by atoms with Crippen molar-refractivity contribution in [1.82, 2.24) is 9.47 Å². The van der Waals surface area contributed by atoms with E-state index in [1.54, 1.807) is 11.6 Å². The number of rotatable bonds is 4. The number of benzene rings is 2. The summed E-state index contributed by atoms with van der Waals surface area (Å²) in [4.78, 5) is 29.2. The largest absolute Gasteiger partial charge is 0.483 e. The number of amides is 1. The topological polar surface area (TPSA) is 54.8 Å². The standard InChI is InChI=1S/C24H27N3O3/c1-17-8-10-19(11-9-17)27-13-12-26(15-18(27)2)24(29)16-30-22-14-23(28)25(3)21-7-5-4-6-20(21)22/h4-11,14,18H,12-13,15-16H2,1-3H3/t18-/m1/s1. The molecule has 1 aliphatic heterocycles. The lowest BCUT2D eigenvalue weighted by Gasteiger charge is -2.41. The lowest BCUT2D eigenvalue weighted by molar-refractivity contribution is -0.134. The van der Waals surface area contributed by atoms with Crippen molar-refractivity contribution >= 4 is 22.5 Å². The van der Waals surface area contributed by atoms with Gasteiger partial charge in [-0.25, -0.2) is 0 Å². The van der Waals surface area contributed by atoms with Crippen LogP contribution in [0.4, 0.5) is 5.69 Å². The van der Waals surface area contributed by atoms with Crippen LogP contribution in [0.15, 0.2) is 59.4 Å². The molecule has 1 atom stereocenters. The molecule has 0 spiro atoms. The second kappa shape index (κ2) is 8.22. The van der Waals surface area contributed by atoms with E-state index in [-0.39, 0.29) is 24.1 Å². The summed E-state index contributed by atoms with van der Waals surface area (Å²) in [7, 11) is 1.73. The number of piperazine rings is 1. The molecular weight excluding hydrogens is 378 g/mol. The summed E-state index contributed by atoms with van der Waals surface area (Å²) in [6.07, 6.45) is 0. The molecule has 156 valence electrons. The first-order valence-corrected chi connectivity index (χ1v) is 10.3. The number of anilines is 1. The molecule has 0 saturated carbocycles. The number of ether oxygens (including phenoxy) is 1. The van der Waals surface area contributed by atoms with E-state index in [0.717, 1.165) is 17.4 Å². The Morgan fingerprint density at radius 2 is 1.83 bits per heavy atom. The van der Waals surface area contributed by atoms with Gasteiger partial charge in [0.25, 0.3) is 11.5 Å². The highest BCUT2D eigenvalue weighted by Crippen LogP contribution is 2.24. The van der Waals surface area contributed by atoms with Gasteiger partial charge in [0.2, 0.25) is 0 Å². The number of aromatic nitrogens is 1. The lowest BCUT2D eigenvalue weighted by atomic mass is 10.1. The smallest absolute Gasteiger partial charge is 0.260 e. The second-order valence-electron chi connectivity index (χ2n) is 7.93. The summed E-state index contributed by atoms with van der Waals surface area (Å²) in [5, 5.41) is 0.824. The second-order valence-corrected chi connectivity index (χ2v) is 7.93. The molecule has 0 radical (unpaired) electrons. The Labute approximate surface area is 176 Å². The number of para-hydroxylation sites is 1. The van der Waals surface area contributed by atoms with Crippen LogP contribution in [0.3, 0.4) is 0 Å². The maximum Gasteiger partial charge on any atom is 0.260 e. The lowest BCUT2D eigenvalue weighted by Crippen LogP contribution is -2.54. The summed E-state index contributed by atoms with van der Waals surface area (Å²) in [6.45, 7) is 6.22. The minimum absolute atomic E-state index is 0.0600. The summed E-state index contributed by atoms with van der Waals surface area (Å²) in [5.74, 6) is 0.392. The van der Waals surface area contributed by atoms with Crippen LogP contribution in [-0.2, 0) is 11.8 Å². The van der Waals surface area contributed by atoms with Gasteiger partial charge in [-0.05, 0) is 38.1 Å².